The number of benzene rings is 2. The van der Waals surface area contributed by atoms with E-state index in [2.05, 4.69) is 10.6 Å². The zero-order chi connectivity index (χ0) is 21.0. The number of hydrogen-bond acceptors (Lipinski definition) is 2. The van der Waals surface area contributed by atoms with Crippen molar-refractivity contribution in [2.45, 2.75) is 40.8 Å². The summed E-state index contributed by atoms with van der Waals surface area (Å²) in [5, 5.41) is 5.96. The van der Waals surface area contributed by atoms with Crippen molar-refractivity contribution in [1.29, 1.82) is 0 Å². The molecule has 0 saturated heterocycles. The first-order valence-corrected chi connectivity index (χ1v) is 9.62. The number of hydrogen-bond donors (Lipinski definition) is 2. The second-order valence-corrected chi connectivity index (χ2v) is 7.32. The van der Waals surface area contributed by atoms with Gasteiger partial charge in [-0.2, -0.15) is 4.68 Å². The van der Waals surface area contributed by atoms with E-state index in [0.29, 0.717) is 0 Å². The second kappa shape index (κ2) is 10.6. The molecule has 0 aliphatic rings. The van der Waals surface area contributed by atoms with Gasteiger partial charge in [-0.25, -0.2) is 0 Å². The number of nitrogens with one attached hydrogen (secondary N) is 2. The zero-order valence-corrected chi connectivity index (χ0v) is 20.7. The van der Waals surface area contributed by atoms with E-state index < -0.39 is 0 Å². The largest absolute Gasteiger partial charge is 0.324 e. The number of aryl methyl sites for hydroxylation is 4. The Bertz CT molecular complexity index is 937. The van der Waals surface area contributed by atoms with Gasteiger partial charge in [-0.1, -0.05) is 36.4 Å². The predicted molar refractivity (Wildman–Crippen MR) is 114 cm³/mol. The van der Waals surface area contributed by atoms with Gasteiger partial charge in [0.05, 0.1) is 6.20 Å². The van der Waals surface area contributed by atoms with E-state index in [9.17, 15) is 9.59 Å². The molecular weight excluding hydrogens is 453 g/mol. The fourth-order valence-corrected chi connectivity index (χ4v) is 3.37. The Hall–Kier alpha value is -2.31. The first-order valence-electron chi connectivity index (χ1n) is 9.62. The van der Waals surface area contributed by atoms with Gasteiger partial charge in [0.1, 0.15) is 0 Å². The van der Waals surface area contributed by atoms with E-state index in [1.807, 2.05) is 70.2 Å². The van der Waals surface area contributed by atoms with Gasteiger partial charge in [0.15, 0.2) is 12.7 Å². The maximum absolute atomic E-state index is 12.6. The third kappa shape index (κ3) is 5.86. The van der Waals surface area contributed by atoms with Gasteiger partial charge < -0.3 is 10.6 Å². The standard InChI is InChI=1S/C23H26N4O2.Y/c1-16-8-5-9-17(2)22(16)24-20(28)14-26-12-7-13-27(26)15-21(29)25-23-18(3)10-6-11-19(23)4;/h5-13H,14-15H2,1-4H3,(H-,24,25,28,29);/p+1. The summed E-state index contributed by atoms with van der Waals surface area (Å²) in [7, 11) is 0. The monoisotopic (exact) mass is 480 g/mol. The molecule has 153 valence electrons. The van der Waals surface area contributed by atoms with E-state index in [4.69, 9.17) is 0 Å². The van der Waals surface area contributed by atoms with Crippen LogP contribution in [0.2, 0.25) is 0 Å². The number of carbonyl (C=O) groups is 2. The summed E-state index contributed by atoms with van der Waals surface area (Å²) in [6, 6.07) is 13.6. The van der Waals surface area contributed by atoms with Crippen LogP contribution in [0.4, 0.5) is 11.4 Å². The van der Waals surface area contributed by atoms with E-state index in [1.54, 1.807) is 21.8 Å². The van der Waals surface area contributed by atoms with Crippen molar-refractivity contribution in [3.05, 3.63) is 77.1 Å². The van der Waals surface area contributed by atoms with E-state index in [0.717, 1.165) is 33.6 Å². The molecule has 7 heteroatoms. The Kier molecular flexibility index (Phi) is 8.50. The SMILES string of the molecule is Cc1cccc(C)c1NC(=O)Cn1ccc[n+]1CC(=O)Nc1c(C)cccc1C.[Y]. The summed E-state index contributed by atoms with van der Waals surface area (Å²) in [6.45, 7) is 8.12. The third-order valence-electron chi connectivity index (χ3n) is 4.95. The summed E-state index contributed by atoms with van der Waals surface area (Å²) >= 11 is 0. The average molecular weight is 480 g/mol. The molecule has 0 bridgehead atoms. The average Bonchev–Trinajstić information content (AvgIpc) is 3.08. The molecule has 0 spiro atoms. The Morgan fingerprint density at radius 2 is 1.27 bits per heavy atom. The molecule has 0 fully saturated rings. The third-order valence-corrected chi connectivity index (χ3v) is 4.95. The Morgan fingerprint density at radius 3 is 1.77 bits per heavy atom. The van der Waals surface area contributed by atoms with Crippen LogP contribution >= 0.6 is 0 Å². The van der Waals surface area contributed by atoms with Crippen LogP contribution in [0.15, 0.2) is 54.9 Å². The molecule has 1 aromatic heterocycles. The molecule has 2 N–H and O–H groups in total. The number of para-hydroxylation sites is 2. The Labute approximate surface area is 202 Å². The predicted octanol–water partition coefficient (Wildman–Crippen LogP) is 3.28. The fourth-order valence-electron chi connectivity index (χ4n) is 3.37. The van der Waals surface area contributed by atoms with Crippen molar-refractivity contribution in [2.24, 2.45) is 0 Å². The minimum absolute atomic E-state index is 0. The van der Waals surface area contributed by atoms with Gasteiger partial charge in [0, 0.05) is 50.2 Å². The first-order chi connectivity index (χ1) is 13.8. The molecule has 0 saturated carbocycles. The number of amides is 2. The topological polar surface area (TPSA) is 67.0 Å². The van der Waals surface area contributed by atoms with Gasteiger partial charge in [0.25, 0.3) is 5.91 Å². The van der Waals surface area contributed by atoms with Crippen LogP contribution in [0, 0.1) is 27.7 Å². The van der Waals surface area contributed by atoms with Gasteiger partial charge in [-0.05, 0) is 49.9 Å². The molecule has 3 rings (SSSR count). The van der Waals surface area contributed by atoms with Crippen molar-refractivity contribution in [2.75, 3.05) is 10.6 Å². The summed E-state index contributed by atoms with van der Waals surface area (Å²) in [5.41, 5.74) is 5.75. The fraction of sp³-hybridized carbons (Fsp3) is 0.261. The minimum Gasteiger partial charge on any atom is -0.324 e. The van der Waals surface area contributed by atoms with E-state index in [-0.39, 0.29) is 57.6 Å². The first kappa shape index (κ1) is 24.0. The molecule has 1 radical (unpaired) electrons. The van der Waals surface area contributed by atoms with Crippen LogP contribution in [0.1, 0.15) is 22.3 Å². The number of rotatable bonds is 6. The van der Waals surface area contributed by atoms with Crippen molar-refractivity contribution < 1.29 is 47.0 Å². The van der Waals surface area contributed by atoms with Crippen LogP contribution in [-0.2, 0) is 55.4 Å². The molecular formula is C23H27N4O2Y+. The van der Waals surface area contributed by atoms with Crippen LogP contribution in [0.5, 0.6) is 0 Å². The van der Waals surface area contributed by atoms with Crippen LogP contribution in [0.25, 0.3) is 0 Å². The maximum Gasteiger partial charge on any atom is 0.292 e. The molecule has 0 unspecified atom stereocenters. The zero-order valence-electron chi connectivity index (χ0n) is 17.9. The second-order valence-electron chi connectivity index (χ2n) is 7.32. The molecule has 0 aliphatic heterocycles. The molecule has 0 atom stereocenters. The molecule has 6 nitrogen and oxygen atoms in total. The number of nitrogens with zero attached hydrogens (tertiary/aromatic N) is 2. The van der Waals surface area contributed by atoms with Gasteiger partial charge in [-0.15, -0.1) is 4.68 Å². The van der Waals surface area contributed by atoms with Crippen molar-refractivity contribution in [3.63, 3.8) is 0 Å². The minimum atomic E-state index is -0.137. The number of carbonyl (C=O) groups excluding carboxylic acids is 2. The van der Waals surface area contributed by atoms with Crippen molar-refractivity contribution in [1.82, 2.24) is 4.68 Å². The Balaban J connectivity index is 0.00000320. The smallest absolute Gasteiger partial charge is 0.292 e. The van der Waals surface area contributed by atoms with Crippen LogP contribution in [0.3, 0.4) is 0 Å². The number of aromatic nitrogens is 2. The summed E-state index contributed by atoms with van der Waals surface area (Å²) < 4.78 is 3.46. The molecule has 3 aromatic rings. The number of anilines is 2. The quantitative estimate of drug-likeness (QED) is 0.532. The summed E-state index contributed by atoms with van der Waals surface area (Å²) in [4.78, 5) is 25.1. The molecule has 30 heavy (non-hydrogen) atoms. The van der Waals surface area contributed by atoms with E-state index >= 15 is 0 Å². The summed E-state index contributed by atoms with van der Waals surface area (Å²) in [5.74, 6) is -0.273. The van der Waals surface area contributed by atoms with Crippen LogP contribution < -0.4 is 15.3 Å². The van der Waals surface area contributed by atoms with Crippen molar-refractivity contribution in [3.8, 4) is 0 Å². The van der Waals surface area contributed by atoms with Gasteiger partial charge >= 0.3 is 0 Å². The van der Waals surface area contributed by atoms with Gasteiger partial charge in [-0.3, -0.25) is 9.59 Å². The maximum atomic E-state index is 12.6. The summed E-state index contributed by atoms with van der Waals surface area (Å²) in [6.07, 6.45) is 3.58. The molecule has 0 aliphatic carbocycles. The molecule has 1 heterocycles. The van der Waals surface area contributed by atoms with Crippen LogP contribution in [-0.4, -0.2) is 16.5 Å². The molecule has 2 aromatic carbocycles. The van der Waals surface area contributed by atoms with E-state index in [1.165, 1.54) is 0 Å². The normalized spacial score (nSPS) is 10.3. The van der Waals surface area contributed by atoms with Crippen molar-refractivity contribution >= 4 is 23.2 Å². The Morgan fingerprint density at radius 1 is 0.800 bits per heavy atom. The van der Waals surface area contributed by atoms with Gasteiger partial charge in [0.2, 0.25) is 12.5 Å². The molecule has 2 amide bonds.